The monoisotopic (exact) mass is 292 g/mol. The maximum Gasteiger partial charge on any atom is 0.336 e. The van der Waals surface area contributed by atoms with Crippen LogP contribution in [0.4, 0.5) is 0 Å². The summed E-state index contributed by atoms with van der Waals surface area (Å²) in [5, 5.41) is 18.5. The van der Waals surface area contributed by atoms with Crippen LogP contribution < -0.4 is 0 Å². The lowest BCUT2D eigenvalue weighted by atomic mass is 9.91. The largest absolute Gasteiger partial charge is 0.478 e. The minimum Gasteiger partial charge on any atom is -0.478 e. The Labute approximate surface area is 125 Å². The van der Waals surface area contributed by atoms with Crippen LogP contribution in [0.25, 0.3) is 0 Å². The van der Waals surface area contributed by atoms with Gasteiger partial charge in [0.25, 0.3) is 0 Å². The Morgan fingerprint density at radius 1 is 0.952 bits per heavy atom. The maximum absolute atomic E-state index is 11.4. The molecule has 0 atom stereocenters. The van der Waals surface area contributed by atoms with Crippen LogP contribution in [0, 0.1) is 0 Å². The Morgan fingerprint density at radius 2 is 1.62 bits per heavy atom. The summed E-state index contributed by atoms with van der Waals surface area (Å²) in [7, 11) is 0. The summed E-state index contributed by atoms with van der Waals surface area (Å²) in [6.45, 7) is 4.03. The van der Waals surface area contributed by atoms with E-state index in [1.165, 1.54) is 25.3 Å². The Morgan fingerprint density at radius 3 is 2.14 bits per heavy atom. The van der Waals surface area contributed by atoms with Crippen LogP contribution in [-0.4, -0.2) is 22.2 Å². The number of hydrogen-bond acceptors (Lipinski definition) is 2. The lowest BCUT2D eigenvalue weighted by molar-refractivity contribution is 0.0650. The van der Waals surface area contributed by atoms with Crippen LogP contribution in [0.3, 0.4) is 0 Å². The summed E-state index contributed by atoms with van der Waals surface area (Å²) in [5.74, 6) is -2.34. The van der Waals surface area contributed by atoms with Crippen molar-refractivity contribution in [1.82, 2.24) is 0 Å². The Balaban J connectivity index is 2.97. The fourth-order valence-corrected chi connectivity index (χ4v) is 2.67. The van der Waals surface area contributed by atoms with Gasteiger partial charge in [-0.25, -0.2) is 9.59 Å². The van der Waals surface area contributed by atoms with Crippen LogP contribution in [0.15, 0.2) is 12.1 Å². The topological polar surface area (TPSA) is 74.6 Å². The minimum absolute atomic E-state index is 0.0453. The van der Waals surface area contributed by atoms with Crippen LogP contribution in [-0.2, 0) is 12.8 Å². The van der Waals surface area contributed by atoms with Gasteiger partial charge in [-0.05, 0) is 36.5 Å². The first-order valence-electron chi connectivity index (χ1n) is 7.64. The van der Waals surface area contributed by atoms with Gasteiger partial charge >= 0.3 is 11.9 Å². The molecule has 0 aliphatic rings. The molecule has 0 heterocycles. The molecule has 21 heavy (non-hydrogen) atoms. The molecule has 2 N–H and O–H groups in total. The van der Waals surface area contributed by atoms with Gasteiger partial charge in [-0.3, -0.25) is 0 Å². The number of aromatic carboxylic acids is 2. The molecular weight excluding hydrogens is 268 g/mol. The minimum atomic E-state index is -1.18. The highest BCUT2D eigenvalue weighted by Crippen LogP contribution is 2.23. The van der Waals surface area contributed by atoms with Gasteiger partial charge in [-0.2, -0.15) is 0 Å². The normalized spacial score (nSPS) is 10.6. The second-order valence-electron chi connectivity index (χ2n) is 5.25. The number of unbranched alkanes of at least 4 members (excludes halogenated alkanes) is 4. The third-order valence-corrected chi connectivity index (χ3v) is 3.76. The summed E-state index contributed by atoms with van der Waals surface area (Å²) in [4.78, 5) is 22.6. The molecule has 0 bridgehead atoms. The smallest absolute Gasteiger partial charge is 0.336 e. The van der Waals surface area contributed by atoms with Crippen molar-refractivity contribution in [2.24, 2.45) is 0 Å². The van der Waals surface area contributed by atoms with E-state index in [-0.39, 0.29) is 11.1 Å². The summed E-state index contributed by atoms with van der Waals surface area (Å²) in [6.07, 6.45) is 7.09. The standard InChI is InChI=1S/C17H24O4/c1-3-5-6-7-8-9-12-10-11-14(16(18)19)15(17(20)21)13(12)4-2/h10-11H,3-9H2,1-2H3,(H,18,19)(H,20,21). The summed E-state index contributed by atoms with van der Waals surface area (Å²) >= 11 is 0. The van der Waals surface area contributed by atoms with Crippen LogP contribution in [0.1, 0.15) is 77.8 Å². The third-order valence-electron chi connectivity index (χ3n) is 3.76. The van der Waals surface area contributed by atoms with E-state index in [1.54, 1.807) is 6.07 Å². The molecule has 0 radical (unpaired) electrons. The number of aryl methyl sites for hydroxylation is 1. The van der Waals surface area contributed by atoms with Gasteiger partial charge in [0.05, 0.1) is 11.1 Å². The third kappa shape index (κ3) is 4.59. The Hall–Kier alpha value is -1.84. The molecule has 0 amide bonds. The van der Waals surface area contributed by atoms with Gasteiger partial charge in [-0.15, -0.1) is 0 Å². The fourth-order valence-electron chi connectivity index (χ4n) is 2.67. The van der Waals surface area contributed by atoms with Gasteiger partial charge in [0.2, 0.25) is 0 Å². The number of rotatable bonds is 9. The molecule has 0 saturated heterocycles. The highest BCUT2D eigenvalue weighted by atomic mass is 16.4. The van der Waals surface area contributed by atoms with E-state index in [9.17, 15) is 14.7 Å². The molecule has 0 spiro atoms. The molecule has 0 unspecified atom stereocenters. The van der Waals surface area contributed by atoms with E-state index in [0.717, 1.165) is 24.8 Å². The first kappa shape index (κ1) is 17.2. The van der Waals surface area contributed by atoms with Crippen molar-refractivity contribution in [2.75, 3.05) is 0 Å². The molecule has 4 nitrogen and oxygen atoms in total. The fraction of sp³-hybridized carbons (Fsp3) is 0.529. The van der Waals surface area contributed by atoms with Crippen molar-refractivity contribution >= 4 is 11.9 Å². The second-order valence-corrected chi connectivity index (χ2v) is 5.25. The Kier molecular flexibility index (Phi) is 6.92. The first-order chi connectivity index (χ1) is 10.0. The molecule has 1 rings (SSSR count). The zero-order valence-corrected chi connectivity index (χ0v) is 12.8. The van der Waals surface area contributed by atoms with Crippen LogP contribution in [0.5, 0.6) is 0 Å². The van der Waals surface area contributed by atoms with Gasteiger partial charge in [-0.1, -0.05) is 45.6 Å². The molecule has 0 fully saturated rings. The van der Waals surface area contributed by atoms with Crippen molar-refractivity contribution in [3.05, 3.63) is 34.4 Å². The summed E-state index contributed by atoms with van der Waals surface area (Å²) in [6, 6.07) is 3.20. The van der Waals surface area contributed by atoms with E-state index >= 15 is 0 Å². The predicted molar refractivity (Wildman–Crippen MR) is 82.2 cm³/mol. The van der Waals surface area contributed by atoms with Gasteiger partial charge in [0, 0.05) is 0 Å². The zero-order chi connectivity index (χ0) is 15.8. The summed E-state index contributed by atoms with van der Waals surface area (Å²) < 4.78 is 0. The van der Waals surface area contributed by atoms with E-state index in [0.29, 0.717) is 12.0 Å². The lowest BCUT2D eigenvalue weighted by Crippen LogP contribution is -2.13. The average molecular weight is 292 g/mol. The first-order valence-corrected chi connectivity index (χ1v) is 7.64. The van der Waals surface area contributed by atoms with E-state index < -0.39 is 11.9 Å². The molecule has 4 heteroatoms. The van der Waals surface area contributed by atoms with Gasteiger partial charge in [0.15, 0.2) is 0 Å². The van der Waals surface area contributed by atoms with Crippen molar-refractivity contribution in [1.29, 1.82) is 0 Å². The second kappa shape index (κ2) is 8.45. The zero-order valence-electron chi connectivity index (χ0n) is 12.8. The van der Waals surface area contributed by atoms with E-state index in [1.807, 2.05) is 6.92 Å². The van der Waals surface area contributed by atoms with Gasteiger partial charge in [0.1, 0.15) is 0 Å². The molecule has 0 aliphatic carbocycles. The molecule has 0 aliphatic heterocycles. The molecular formula is C17H24O4. The highest BCUT2D eigenvalue weighted by Gasteiger charge is 2.21. The van der Waals surface area contributed by atoms with Crippen molar-refractivity contribution in [3.8, 4) is 0 Å². The van der Waals surface area contributed by atoms with E-state index in [4.69, 9.17) is 5.11 Å². The summed E-state index contributed by atoms with van der Waals surface area (Å²) in [5.41, 5.74) is 1.47. The number of carboxylic acid groups (broad SMARTS) is 2. The number of benzene rings is 1. The van der Waals surface area contributed by atoms with Crippen LogP contribution in [0.2, 0.25) is 0 Å². The number of carbonyl (C=O) groups is 2. The highest BCUT2D eigenvalue weighted by molar-refractivity contribution is 6.03. The van der Waals surface area contributed by atoms with E-state index in [2.05, 4.69) is 6.92 Å². The lowest BCUT2D eigenvalue weighted by Gasteiger charge is -2.13. The van der Waals surface area contributed by atoms with Crippen molar-refractivity contribution < 1.29 is 19.8 Å². The molecule has 116 valence electrons. The van der Waals surface area contributed by atoms with Crippen molar-refractivity contribution in [2.45, 2.75) is 58.8 Å². The molecule has 0 aromatic heterocycles. The number of hydrogen-bond donors (Lipinski definition) is 2. The molecule has 1 aromatic carbocycles. The van der Waals surface area contributed by atoms with Gasteiger partial charge < -0.3 is 10.2 Å². The quantitative estimate of drug-likeness (QED) is 0.670. The predicted octanol–water partition coefficient (Wildman–Crippen LogP) is 4.16. The molecule has 0 saturated carbocycles. The Bertz CT molecular complexity index is 506. The maximum atomic E-state index is 11.4. The SMILES string of the molecule is CCCCCCCc1ccc(C(=O)O)c(C(=O)O)c1CC. The number of carboxylic acids is 2. The van der Waals surface area contributed by atoms with Crippen molar-refractivity contribution in [3.63, 3.8) is 0 Å². The average Bonchev–Trinajstić information content (AvgIpc) is 2.45. The molecule has 1 aromatic rings. The van der Waals surface area contributed by atoms with Crippen LogP contribution >= 0.6 is 0 Å².